The van der Waals surface area contributed by atoms with Gasteiger partial charge in [-0.1, -0.05) is 279 Å². The van der Waals surface area contributed by atoms with Crippen LogP contribution in [0.1, 0.15) is 271 Å². The molecule has 2 saturated heterocycles. The lowest BCUT2D eigenvalue weighted by Crippen LogP contribution is -2.65. The Morgan fingerprint density at radius 2 is 0.802 bits per heavy atom. The highest BCUT2D eigenvalue weighted by Gasteiger charge is 2.51. The molecule has 86 heavy (non-hydrogen) atoms. The number of hydrogen-bond donors (Lipinski definition) is 9. The van der Waals surface area contributed by atoms with Gasteiger partial charge in [-0.05, 0) is 70.6 Å². The molecule has 0 aromatic carbocycles. The second-order valence-corrected chi connectivity index (χ2v) is 24.3. The summed E-state index contributed by atoms with van der Waals surface area (Å²) in [6, 6.07) is -0.836. The summed E-state index contributed by atoms with van der Waals surface area (Å²) in [5.74, 6) is -0.211. The zero-order valence-corrected chi connectivity index (χ0v) is 54.0. The fourth-order valence-corrected chi connectivity index (χ4v) is 11.1. The Kier molecular flexibility index (Phi) is 51.8. The SMILES string of the molecule is CC/C=C\C/C=C\C/C=C\C/C=C\C/C=C\C/C=C\C/C=C\CCCCCCCCCCCCCC(=O)NC(COC1OC(CO)C(OC2OC(CO)C(O)C(O)C2O)C(O)C1O)C(O)CCCCCCCCCCCCCCCCCCCCC. The Morgan fingerprint density at radius 1 is 0.430 bits per heavy atom. The van der Waals surface area contributed by atoms with E-state index in [9.17, 15) is 45.6 Å². The Hall–Kier alpha value is -2.83. The lowest BCUT2D eigenvalue weighted by Gasteiger charge is -2.46. The zero-order valence-electron chi connectivity index (χ0n) is 54.0. The molecule has 0 spiro atoms. The molecule has 2 aliphatic heterocycles. The van der Waals surface area contributed by atoms with E-state index in [-0.39, 0.29) is 12.5 Å². The largest absolute Gasteiger partial charge is 0.394 e. The molecule has 2 rings (SSSR count). The summed E-state index contributed by atoms with van der Waals surface area (Å²) in [5, 5.41) is 87.6. The number of allylic oxidation sites excluding steroid dienone is 14. The first-order valence-corrected chi connectivity index (χ1v) is 34.8. The molecule has 1 amide bonds. The molecule has 0 bridgehead atoms. The van der Waals surface area contributed by atoms with E-state index < -0.39 is 86.8 Å². The maximum atomic E-state index is 13.3. The summed E-state index contributed by atoms with van der Waals surface area (Å²) in [4.78, 5) is 13.3. The average molecular weight is 1210 g/mol. The van der Waals surface area contributed by atoms with Crippen molar-refractivity contribution >= 4 is 5.91 Å². The Bertz CT molecular complexity index is 1770. The zero-order chi connectivity index (χ0) is 62.3. The number of aliphatic hydroxyl groups is 8. The van der Waals surface area contributed by atoms with Gasteiger partial charge in [-0.15, -0.1) is 0 Å². The van der Waals surface area contributed by atoms with Crippen molar-refractivity contribution in [1.29, 1.82) is 0 Å². The van der Waals surface area contributed by atoms with Gasteiger partial charge in [0.1, 0.15) is 48.8 Å². The van der Waals surface area contributed by atoms with Gasteiger partial charge in [-0.25, -0.2) is 0 Å². The van der Waals surface area contributed by atoms with Crippen molar-refractivity contribution < 1.29 is 64.6 Å². The van der Waals surface area contributed by atoms with Gasteiger partial charge in [0.05, 0.1) is 32.0 Å². The van der Waals surface area contributed by atoms with Crippen LogP contribution >= 0.6 is 0 Å². The van der Waals surface area contributed by atoms with Crippen LogP contribution in [0, 0.1) is 0 Å². The van der Waals surface area contributed by atoms with Crippen LogP contribution in [0.25, 0.3) is 0 Å². The molecule has 0 aliphatic carbocycles. The van der Waals surface area contributed by atoms with Gasteiger partial charge >= 0.3 is 0 Å². The van der Waals surface area contributed by atoms with E-state index in [2.05, 4.69) is 104 Å². The van der Waals surface area contributed by atoms with Crippen molar-refractivity contribution in [3.05, 3.63) is 85.1 Å². The fourth-order valence-electron chi connectivity index (χ4n) is 11.1. The van der Waals surface area contributed by atoms with E-state index >= 15 is 0 Å². The summed E-state index contributed by atoms with van der Waals surface area (Å²) >= 11 is 0. The molecular formula is C72H127NO13. The normalized spacial score (nSPS) is 23.9. The Labute approximate surface area is 522 Å². The van der Waals surface area contributed by atoms with Crippen molar-refractivity contribution in [2.45, 2.75) is 344 Å². The molecule has 0 aromatic heterocycles. The highest BCUT2D eigenvalue weighted by molar-refractivity contribution is 5.76. The van der Waals surface area contributed by atoms with E-state index in [1.54, 1.807) is 0 Å². The van der Waals surface area contributed by atoms with Crippen LogP contribution < -0.4 is 5.32 Å². The van der Waals surface area contributed by atoms with Crippen molar-refractivity contribution in [3.8, 4) is 0 Å². The number of carbonyl (C=O) groups excluding carboxylic acids is 1. The summed E-state index contributed by atoms with van der Waals surface area (Å²) in [5.41, 5.74) is 0. The quantitative estimate of drug-likeness (QED) is 0.0204. The molecular weight excluding hydrogens is 1090 g/mol. The van der Waals surface area contributed by atoms with E-state index in [0.29, 0.717) is 12.8 Å². The molecule has 0 aromatic rings. The number of hydrogen-bond acceptors (Lipinski definition) is 13. The van der Waals surface area contributed by atoms with E-state index in [1.165, 1.54) is 141 Å². The second-order valence-electron chi connectivity index (χ2n) is 24.3. The van der Waals surface area contributed by atoms with Gasteiger partial charge < -0.3 is 65.1 Å². The first-order chi connectivity index (χ1) is 42.1. The lowest BCUT2D eigenvalue weighted by molar-refractivity contribution is -0.359. The minimum absolute atomic E-state index is 0.211. The molecule has 12 unspecified atom stereocenters. The van der Waals surface area contributed by atoms with Gasteiger partial charge in [-0.2, -0.15) is 0 Å². The van der Waals surface area contributed by atoms with Crippen LogP contribution in [0.3, 0.4) is 0 Å². The molecule has 2 aliphatic rings. The van der Waals surface area contributed by atoms with E-state index in [1.807, 2.05) is 0 Å². The van der Waals surface area contributed by atoms with Crippen LogP contribution in [0.4, 0.5) is 0 Å². The monoisotopic (exact) mass is 1210 g/mol. The minimum Gasteiger partial charge on any atom is -0.394 e. The second kappa shape index (κ2) is 56.2. The van der Waals surface area contributed by atoms with Gasteiger partial charge in [0.25, 0.3) is 0 Å². The molecule has 12 atom stereocenters. The lowest BCUT2D eigenvalue weighted by atomic mass is 9.97. The highest BCUT2D eigenvalue weighted by atomic mass is 16.7. The smallest absolute Gasteiger partial charge is 0.220 e. The van der Waals surface area contributed by atoms with Gasteiger partial charge in [0.2, 0.25) is 5.91 Å². The molecule has 498 valence electrons. The average Bonchev–Trinajstić information content (AvgIpc) is 2.63. The number of ether oxygens (including phenoxy) is 4. The maximum absolute atomic E-state index is 13.3. The van der Waals surface area contributed by atoms with Crippen LogP contribution in [-0.4, -0.2) is 140 Å². The van der Waals surface area contributed by atoms with Crippen molar-refractivity contribution in [3.63, 3.8) is 0 Å². The summed E-state index contributed by atoms with van der Waals surface area (Å²) < 4.78 is 22.9. The summed E-state index contributed by atoms with van der Waals surface area (Å²) in [6.07, 6.45) is 60.1. The molecule has 2 heterocycles. The minimum atomic E-state index is -1.79. The predicted octanol–water partition coefficient (Wildman–Crippen LogP) is 14.0. The Morgan fingerprint density at radius 3 is 1.23 bits per heavy atom. The van der Waals surface area contributed by atoms with Gasteiger partial charge in [0.15, 0.2) is 12.6 Å². The summed E-state index contributed by atoms with van der Waals surface area (Å²) in [6.45, 7) is 2.77. The highest BCUT2D eigenvalue weighted by Crippen LogP contribution is 2.30. The molecule has 0 saturated carbocycles. The van der Waals surface area contributed by atoms with Crippen LogP contribution in [0.2, 0.25) is 0 Å². The third kappa shape index (κ3) is 40.0. The number of carbonyl (C=O) groups is 1. The number of nitrogens with one attached hydrogen (secondary N) is 1. The number of rotatable bonds is 56. The van der Waals surface area contributed by atoms with Crippen LogP contribution in [0.5, 0.6) is 0 Å². The molecule has 14 heteroatoms. The number of aliphatic hydroxyl groups excluding tert-OH is 8. The third-order valence-electron chi connectivity index (χ3n) is 16.6. The van der Waals surface area contributed by atoms with E-state index in [0.717, 1.165) is 103 Å². The van der Waals surface area contributed by atoms with Crippen LogP contribution in [-0.2, 0) is 23.7 Å². The first-order valence-electron chi connectivity index (χ1n) is 34.8. The maximum Gasteiger partial charge on any atom is 0.220 e. The van der Waals surface area contributed by atoms with E-state index in [4.69, 9.17) is 18.9 Å². The van der Waals surface area contributed by atoms with Crippen LogP contribution in [0.15, 0.2) is 85.1 Å². The fraction of sp³-hybridized carbons (Fsp3) is 0.792. The van der Waals surface area contributed by atoms with Crippen molar-refractivity contribution in [2.24, 2.45) is 0 Å². The number of amides is 1. The molecule has 2 fully saturated rings. The molecule has 9 N–H and O–H groups in total. The Balaban J connectivity index is 1.66. The van der Waals surface area contributed by atoms with Gasteiger partial charge in [-0.3, -0.25) is 4.79 Å². The third-order valence-corrected chi connectivity index (χ3v) is 16.6. The predicted molar refractivity (Wildman–Crippen MR) is 350 cm³/mol. The van der Waals surface area contributed by atoms with Crippen molar-refractivity contribution in [2.75, 3.05) is 19.8 Å². The van der Waals surface area contributed by atoms with Gasteiger partial charge in [0, 0.05) is 6.42 Å². The summed E-state index contributed by atoms with van der Waals surface area (Å²) in [7, 11) is 0. The standard InChI is InChI=1S/C72H127NO13/c1-3-5-7-9-11-13-15-17-19-21-23-24-25-26-27-28-29-30-31-32-33-34-35-36-38-40-42-44-46-48-50-52-54-56-64(77)73-60(61(76)55-53-51-49-47-45-43-41-39-37-22-20-18-16-14-12-10-8-6-4-2)59-83-71-69(82)67(80)70(63(58-75)85-71)86-72-68(81)66(79)65(78)62(57-74)84-72/h5,7,11,13,17,19,23-24,26-27,29-30,32-33,60-63,65-72,74-76,78-82H,3-4,6,8-10,12,14-16,18,20-22,25,28,31,34-59H2,1-2H3,(H,73,77)/b7-5-,13-11-,19-17-,24-23-,27-26-,30-29-,33-32-. The molecule has 14 nitrogen and oxygen atoms in total. The number of unbranched alkanes of at least 4 members (excludes halogenated alkanes) is 29. The topological polar surface area (TPSA) is 228 Å². The molecule has 0 radical (unpaired) electrons. The van der Waals surface area contributed by atoms with Crippen molar-refractivity contribution in [1.82, 2.24) is 5.32 Å². The first kappa shape index (κ1) is 79.3.